The second-order valence-corrected chi connectivity index (χ2v) is 6.65. The van der Waals surface area contributed by atoms with Crippen LogP contribution in [0.15, 0.2) is 23.0 Å². The maximum Gasteiger partial charge on any atom is 0.250 e. The number of hydrogen-bond donors (Lipinski definition) is 1. The number of rotatable bonds is 4. The number of nitrogens with one attached hydrogen (secondary N) is 1. The molecule has 0 aromatic carbocycles. The van der Waals surface area contributed by atoms with Gasteiger partial charge in [-0.2, -0.15) is 0 Å². The lowest BCUT2D eigenvalue weighted by Crippen LogP contribution is -2.61. The van der Waals surface area contributed by atoms with Crippen molar-refractivity contribution in [2.45, 2.75) is 25.9 Å². The van der Waals surface area contributed by atoms with Gasteiger partial charge in [0.2, 0.25) is 11.8 Å². The maximum absolute atomic E-state index is 12.8. The number of hydrogen-bond acceptors (Lipinski definition) is 5. The molecule has 3 heterocycles. The molecule has 26 heavy (non-hydrogen) atoms. The molecule has 0 aliphatic carbocycles. The Kier molecular flexibility index (Phi) is 6.05. The van der Waals surface area contributed by atoms with Gasteiger partial charge in [-0.1, -0.05) is 6.07 Å². The molecule has 0 radical (unpaired) electrons. The Bertz CT molecular complexity index is 711. The highest BCUT2D eigenvalue weighted by Gasteiger charge is 2.35. The normalized spacial score (nSPS) is 20.9. The molecule has 2 fully saturated rings. The number of pyridine rings is 1. The Morgan fingerprint density at radius 1 is 1.23 bits per heavy atom. The molecule has 2 saturated heterocycles. The van der Waals surface area contributed by atoms with E-state index in [4.69, 9.17) is 4.74 Å². The third kappa shape index (κ3) is 4.13. The van der Waals surface area contributed by atoms with Gasteiger partial charge < -0.3 is 24.4 Å². The van der Waals surface area contributed by atoms with E-state index in [0.29, 0.717) is 52.5 Å². The number of aryl methyl sites for hydroxylation is 1. The van der Waals surface area contributed by atoms with Crippen LogP contribution in [0, 0.1) is 6.92 Å². The van der Waals surface area contributed by atoms with Gasteiger partial charge in [-0.15, -0.1) is 0 Å². The van der Waals surface area contributed by atoms with Gasteiger partial charge in [0.1, 0.15) is 6.04 Å². The third-order valence-electron chi connectivity index (χ3n) is 4.99. The first-order valence-corrected chi connectivity index (χ1v) is 9.11. The Hall–Kier alpha value is -2.19. The van der Waals surface area contributed by atoms with Gasteiger partial charge in [0, 0.05) is 57.4 Å². The number of carbonyl (C=O) groups excluding carboxylic acids is 2. The molecule has 2 amide bonds. The third-order valence-corrected chi connectivity index (χ3v) is 4.99. The topological polar surface area (TPSA) is 83.9 Å². The molecule has 0 bridgehead atoms. The summed E-state index contributed by atoms with van der Waals surface area (Å²) in [5.74, 6) is -0.116. The first-order chi connectivity index (χ1) is 12.6. The van der Waals surface area contributed by atoms with Gasteiger partial charge in [-0.25, -0.2) is 0 Å². The second-order valence-electron chi connectivity index (χ2n) is 6.65. The van der Waals surface area contributed by atoms with Crippen LogP contribution in [-0.2, 0) is 20.9 Å². The van der Waals surface area contributed by atoms with E-state index in [-0.39, 0.29) is 23.8 Å². The maximum atomic E-state index is 12.8. The molecule has 0 spiro atoms. The first kappa shape index (κ1) is 18.6. The summed E-state index contributed by atoms with van der Waals surface area (Å²) in [6.07, 6.45) is 0.206. The number of nitrogens with zero attached hydrogens (tertiary/aromatic N) is 3. The van der Waals surface area contributed by atoms with Crippen molar-refractivity contribution >= 4 is 11.8 Å². The van der Waals surface area contributed by atoms with Gasteiger partial charge in [-0.05, 0) is 13.0 Å². The van der Waals surface area contributed by atoms with Crippen LogP contribution in [0.2, 0.25) is 0 Å². The fraction of sp³-hybridized carbons (Fsp3) is 0.611. The van der Waals surface area contributed by atoms with Crippen molar-refractivity contribution < 1.29 is 14.3 Å². The highest BCUT2D eigenvalue weighted by atomic mass is 16.5. The summed E-state index contributed by atoms with van der Waals surface area (Å²) in [5, 5.41) is 3.20. The van der Waals surface area contributed by atoms with E-state index in [2.05, 4.69) is 5.32 Å². The molecule has 1 unspecified atom stereocenters. The monoisotopic (exact) mass is 362 g/mol. The zero-order valence-electron chi connectivity index (χ0n) is 15.1. The molecule has 1 N–H and O–H groups in total. The molecule has 1 aromatic rings. The molecule has 2 aliphatic rings. The Labute approximate surface area is 152 Å². The summed E-state index contributed by atoms with van der Waals surface area (Å²) in [7, 11) is 0. The largest absolute Gasteiger partial charge is 0.378 e. The van der Waals surface area contributed by atoms with Gasteiger partial charge in [0.25, 0.3) is 5.56 Å². The van der Waals surface area contributed by atoms with Crippen LogP contribution in [0.4, 0.5) is 0 Å². The van der Waals surface area contributed by atoms with Crippen LogP contribution in [0.25, 0.3) is 0 Å². The van der Waals surface area contributed by atoms with E-state index in [1.165, 1.54) is 6.07 Å². The van der Waals surface area contributed by atoms with Crippen LogP contribution >= 0.6 is 0 Å². The van der Waals surface area contributed by atoms with E-state index < -0.39 is 6.04 Å². The van der Waals surface area contributed by atoms with Crippen LogP contribution in [0.1, 0.15) is 12.1 Å². The summed E-state index contributed by atoms with van der Waals surface area (Å²) in [4.78, 5) is 41.0. The Morgan fingerprint density at radius 2 is 2.00 bits per heavy atom. The smallest absolute Gasteiger partial charge is 0.250 e. The van der Waals surface area contributed by atoms with Crippen molar-refractivity contribution in [3.05, 3.63) is 34.2 Å². The number of morpholine rings is 1. The zero-order chi connectivity index (χ0) is 18.5. The SMILES string of the molecule is Cc1cccc(=O)n1CCC(=O)N1CCNCC1C(=O)N1CCOCC1. The minimum absolute atomic E-state index is 0.0260. The highest BCUT2D eigenvalue weighted by Crippen LogP contribution is 2.11. The van der Waals surface area contributed by atoms with Gasteiger partial charge in [-0.3, -0.25) is 14.4 Å². The molecule has 1 aromatic heterocycles. The fourth-order valence-electron chi connectivity index (χ4n) is 3.48. The van der Waals surface area contributed by atoms with Crippen LogP contribution in [0.5, 0.6) is 0 Å². The fourth-order valence-corrected chi connectivity index (χ4v) is 3.48. The quantitative estimate of drug-likeness (QED) is 0.759. The average Bonchev–Trinajstić information content (AvgIpc) is 2.67. The molecule has 2 aliphatic heterocycles. The van der Waals surface area contributed by atoms with Crippen molar-refractivity contribution in [3.63, 3.8) is 0 Å². The van der Waals surface area contributed by atoms with E-state index in [1.54, 1.807) is 20.4 Å². The standard InChI is InChI=1S/C18H26N4O4/c1-14-3-2-4-16(23)21(14)7-5-17(24)22-8-6-19-13-15(22)18(25)20-9-11-26-12-10-20/h2-4,15,19H,5-13H2,1H3. The van der Waals surface area contributed by atoms with E-state index in [0.717, 1.165) is 5.69 Å². The van der Waals surface area contributed by atoms with Crippen molar-refractivity contribution in [1.82, 2.24) is 19.7 Å². The minimum Gasteiger partial charge on any atom is -0.378 e. The lowest BCUT2D eigenvalue weighted by molar-refractivity contribution is -0.149. The van der Waals surface area contributed by atoms with Crippen molar-refractivity contribution in [2.75, 3.05) is 45.9 Å². The molecule has 0 saturated carbocycles. The Morgan fingerprint density at radius 3 is 2.73 bits per heavy atom. The van der Waals surface area contributed by atoms with Crippen LogP contribution in [0.3, 0.4) is 0 Å². The van der Waals surface area contributed by atoms with Gasteiger partial charge in [0.15, 0.2) is 0 Å². The second kappa shape index (κ2) is 8.46. The molecular weight excluding hydrogens is 336 g/mol. The summed E-state index contributed by atoms with van der Waals surface area (Å²) >= 11 is 0. The minimum atomic E-state index is -0.483. The molecule has 8 nitrogen and oxygen atoms in total. The highest BCUT2D eigenvalue weighted by molar-refractivity contribution is 5.88. The summed E-state index contributed by atoms with van der Waals surface area (Å²) in [6, 6.07) is 4.57. The predicted molar refractivity (Wildman–Crippen MR) is 95.8 cm³/mol. The van der Waals surface area contributed by atoms with E-state index in [9.17, 15) is 14.4 Å². The van der Waals surface area contributed by atoms with Crippen LogP contribution < -0.4 is 10.9 Å². The predicted octanol–water partition coefficient (Wildman–Crippen LogP) is -0.794. The van der Waals surface area contributed by atoms with Crippen molar-refractivity contribution in [1.29, 1.82) is 0 Å². The van der Waals surface area contributed by atoms with Crippen molar-refractivity contribution in [3.8, 4) is 0 Å². The number of piperazine rings is 1. The molecule has 1 atom stereocenters. The Balaban J connectivity index is 1.66. The van der Waals surface area contributed by atoms with Crippen molar-refractivity contribution in [2.24, 2.45) is 0 Å². The molecule has 3 rings (SSSR count). The average molecular weight is 362 g/mol. The number of amides is 2. The molecular formula is C18H26N4O4. The first-order valence-electron chi connectivity index (χ1n) is 9.11. The number of aromatic nitrogens is 1. The summed E-state index contributed by atoms with van der Waals surface area (Å²) < 4.78 is 6.90. The number of ether oxygens (including phenoxy) is 1. The lowest BCUT2D eigenvalue weighted by atomic mass is 10.1. The van der Waals surface area contributed by atoms with Gasteiger partial charge in [0.05, 0.1) is 13.2 Å². The zero-order valence-corrected chi connectivity index (χ0v) is 15.1. The number of carbonyl (C=O) groups is 2. The van der Waals surface area contributed by atoms with E-state index >= 15 is 0 Å². The molecule has 142 valence electrons. The summed E-state index contributed by atoms with van der Waals surface area (Å²) in [5.41, 5.74) is 0.714. The van der Waals surface area contributed by atoms with Gasteiger partial charge >= 0.3 is 0 Å². The van der Waals surface area contributed by atoms with E-state index in [1.807, 2.05) is 13.0 Å². The summed E-state index contributed by atoms with van der Waals surface area (Å²) in [6.45, 7) is 6.02. The molecule has 8 heteroatoms. The lowest BCUT2D eigenvalue weighted by Gasteiger charge is -2.39. The van der Waals surface area contributed by atoms with Crippen LogP contribution in [-0.4, -0.2) is 78.2 Å².